The summed E-state index contributed by atoms with van der Waals surface area (Å²) >= 11 is 0. The van der Waals surface area contributed by atoms with Crippen LogP contribution in [0.15, 0.2) is 42.9 Å². The van der Waals surface area contributed by atoms with E-state index in [4.69, 9.17) is 0 Å². The number of carbonyl (C=O) groups excluding carboxylic acids is 1. The van der Waals surface area contributed by atoms with Crippen molar-refractivity contribution < 1.29 is 19.1 Å². The van der Waals surface area contributed by atoms with Crippen LogP contribution >= 0.6 is 0 Å². The topological polar surface area (TPSA) is 97.1 Å². The number of nitrogens with zero attached hydrogens (tertiary/aromatic N) is 3. The van der Waals surface area contributed by atoms with Crippen molar-refractivity contribution in [2.45, 2.75) is 37.8 Å². The summed E-state index contributed by atoms with van der Waals surface area (Å²) in [6.07, 6.45) is 5.03. The average Bonchev–Trinajstić information content (AvgIpc) is 3.39. The van der Waals surface area contributed by atoms with Gasteiger partial charge in [-0.1, -0.05) is 12.1 Å². The third-order valence-corrected chi connectivity index (χ3v) is 5.04. The largest absolute Gasteiger partial charge is 0.481 e. The maximum atomic E-state index is 13.3. The fourth-order valence-corrected chi connectivity index (χ4v) is 3.45. The van der Waals surface area contributed by atoms with Crippen molar-refractivity contribution in [2.75, 3.05) is 0 Å². The van der Waals surface area contributed by atoms with Gasteiger partial charge in [0.05, 0.1) is 17.3 Å². The summed E-state index contributed by atoms with van der Waals surface area (Å²) in [5.74, 6) is -2.03. The van der Waals surface area contributed by atoms with Gasteiger partial charge in [-0.3, -0.25) is 9.59 Å². The molecule has 1 saturated carbocycles. The van der Waals surface area contributed by atoms with Gasteiger partial charge in [-0.25, -0.2) is 14.4 Å². The van der Waals surface area contributed by atoms with Gasteiger partial charge in [0.25, 0.3) is 5.91 Å². The Morgan fingerprint density at radius 3 is 2.61 bits per heavy atom. The summed E-state index contributed by atoms with van der Waals surface area (Å²) < 4.78 is 15.3. The van der Waals surface area contributed by atoms with Gasteiger partial charge in [-0.15, -0.1) is 0 Å². The van der Waals surface area contributed by atoms with Crippen molar-refractivity contribution >= 4 is 22.9 Å². The Morgan fingerprint density at radius 2 is 1.96 bits per heavy atom. The average molecular weight is 382 g/mol. The minimum atomic E-state index is -1.23. The van der Waals surface area contributed by atoms with Crippen molar-refractivity contribution in [2.24, 2.45) is 0 Å². The molecule has 1 fully saturated rings. The van der Waals surface area contributed by atoms with Crippen LogP contribution in [0.3, 0.4) is 0 Å². The molecule has 3 aromatic rings. The number of aliphatic carboxylic acids is 1. The number of halogens is 1. The number of nitrogens with one attached hydrogen (secondary N) is 1. The summed E-state index contributed by atoms with van der Waals surface area (Å²) in [4.78, 5) is 32.9. The van der Waals surface area contributed by atoms with Gasteiger partial charge in [-0.2, -0.15) is 0 Å². The molecule has 2 N–H and O–H groups in total. The van der Waals surface area contributed by atoms with E-state index in [1.165, 1.54) is 30.6 Å². The molecule has 1 unspecified atom stereocenters. The van der Waals surface area contributed by atoms with E-state index in [1.807, 2.05) is 10.8 Å². The normalized spacial score (nSPS) is 15.9. The zero-order valence-electron chi connectivity index (χ0n) is 15.2. The number of benzene rings is 1. The van der Waals surface area contributed by atoms with E-state index in [0.717, 1.165) is 12.8 Å². The smallest absolute Gasteiger partial charge is 0.306 e. The number of amides is 1. The van der Waals surface area contributed by atoms with E-state index < -0.39 is 23.2 Å². The highest BCUT2D eigenvalue weighted by molar-refractivity contribution is 6.04. The van der Waals surface area contributed by atoms with Crippen molar-refractivity contribution in [3.63, 3.8) is 0 Å². The Morgan fingerprint density at radius 1 is 1.25 bits per heavy atom. The van der Waals surface area contributed by atoms with Crippen molar-refractivity contribution in [3.05, 3.63) is 59.9 Å². The van der Waals surface area contributed by atoms with Crippen LogP contribution in [0.5, 0.6) is 0 Å². The van der Waals surface area contributed by atoms with Crippen LogP contribution in [0.4, 0.5) is 4.39 Å². The standard InChI is InChI=1S/C20H19FN4O3/c1-20(10-16(26)27,12-2-4-13(21)5-3-12)24-19(28)17-15-8-9-25(14-6-7-14)18(15)23-11-22-17/h2-5,8-9,11,14H,6-7,10H2,1H3,(H,24,28)(H,26,27). The highest BCUT2D eigenvalue weighted by Crippen LogP contribution is 2.37. The number of hydrogen-bond acceptors (Lipinski definition) is 4. The molecular weight excluding hydrogens is 363 g/mol. The van der Waals surface area contributed by atoms with Crippen molar-refractivity contribution in [1.29, 1.82) is 0 Å². The number of fused-ring (bicyclic) bond motifs is 1. The van der Waals surface area contributed by atoms with E-state index in [2.05, 4.69) is 15.3 Å². The summed E-state index contributed by atoms with van der Waals surface area (Å²) in [6.45, 7) is 1.60. The second-order valence-electron chi connectivity index (χ2n) is 7.28. The lowest BCUT2D eigenvalue weighted by Gasteiger charge is -2.30. The summed E-state index contributed by atoms with van der Waals surface area (Å²) in [5.41, 5.74) is 0.130. The number of hydrogen-bond donors (Lipinski definition) is 2. The van der Waals surface area contributed by atoms with Gasteiger partial charge in [0, 0.05) is 12.2 Å². The first-order chi connectivity index (χ1) is 13.4. The maximum absolute atomic E-state index is 13.3. The number of carboxylic acid groups (broad SMARTS) is 1. The molecule has 2 heterocycles. The molecule has 1 aromatic carbocycles. The molecule has 0 spiro atoms. The van der Waals surface area contributed by atoms with Crippen LogP contribution in [-0.4, -0.2) is 31.5 Å². The van der Waals surface area contributed by atoms with Crippen molar-refractivity contribution in [1.82, 2.24) is 19.9 Å². The molecule has 2 aromatic heterocycles. The van der Waals surface area contributed by atoms with Gasteiger partial charge >= 0.3 is 5.97 Å². The van der Waals surface area contributed by atoms with Crippen LogP contribution in [0.25, 0.3) is 11.0 Å². The first-order valence-electron chi connectivity index (χ1n) is 8.99. The first-order valence-corrected chi connectivity index (χ1v) is 8.99. The van der Waals surface area contributed by atoms with E-state index in [0.29, 0.717) is 22.6 Å². The Labute approximate surface area is 160 Å². The first kappa shape index (κ1) is 18.1. The Bertz CT molecular complexity index is 1060. The highest BCUT2D eigenvalue weighted by Gasteiger charge is 2.33. The fourth-order valence-electron chi connectivity index (χ4n) is 3.45. The van der Waals surface area contributed by atoms with Crippen LogP contribution < -0.4 is 5.32 Å². The SMILES string of the molecule is CC(CC(=O)O)(NC(=O)c1ncnc2c1ccn2C1CC1)c1ccc(F)cc1. The molecule has 0 aliphatic heterocycles. The number of carboxylic acids is 1. The molecule has 28 heavy (non-hydrogen) atoms. The molecule has 1 aliphatic carbocycles. The predicted molar refractivity (Wildman–Crippen MR) is 99.3 cm³/mol. The zero-order chi connectivity index (χ0) is 19.9. The summed E-state index contributed by atoms with van der Waals surface area (Å²) in [7, 11) is 0. The second kappa shape index (κ2) is 6.70. The van der Waals surface area contributed by atoms with E-state index in [-0.39, 0.29) is 12.1 Å². The molecule has 1 amide bonds. The van der Waals surface area contributed by atoms with Crippen LogP contribution in [-0.2, 0) is 10.3 Å². The lowest BCUT2D eigenvalue weighted by Crippen LogP contribution is -2.45. The fraction of sp³-hybridized carbons (Fsp3) is 0.300. The van der Waals surface area contributed by atoms with E-state index in [1.54, 1.807) is 13.0 Å². The molecule has 0 saturated heterocycles. The number of rotatable bonds is 6. The highest BCUT2D eigenvalue weighted by atomic mass is 19.1. The van der Waals surface area contributed by atoms with Gasteiger partial charge in [0.2, 0.25) is 0 Å². The monoisotopic (exact) mass is 382 g/mol. The minimum Gasteiger partial charge on any atom is -0.481 e. The van der Waals surface area contributed by atoms with Crippen LogP contribution in [0.1, 0.15) is 48.3 Å². The quantitative estimate of drug-likeness (QED) is 0.683. The second-order valence-corrected chi connectivity index (χ2v) is 7.28. The predicted octanol–water partition coefficient (Wildman–Crippen LogP) is 3.03. The lowest BCUT2D eigenvalue weighted by molar-refractivity contribution is -0.138. The molecule has 144 valence electrons. The molecule has 4 rings (SSSR count). The zero-order valence-corrected chi connectivity index (χ0v) is 15.2. The van der Waals surface area contributed by atoms with Gasteiger partial charge in [0.1, 0.15) is 23.5 Å². The maximum Gasteiger partial charge on any atom is 0.306 e. The van der Waals surface area contributed by atoms with Gasteiger partial charge < -0.3 is 15.0 Å². The third-order valence-electron chi connectivity index (χ3n) is 5.04. The molecule has 8 heteroatoms. The Kier molecular flexibility index (Phi) is 4.33. The third kappa shape index (κ3) is 3.33. The molecular formula is C20H19FN4O3. The Balaban J connectivity index is 1.69. The van der Waals surface area contributed by atoms with E-state index in [9.17, 15) is 19.1 Å². The molecule has 0 radical (unpaired) electrons. The van der Waals surface area contributed by atoms with E-state index >= 15 is 0 Å². The number of carbonyl (C=O) groups is 2. The van der Waals surface area contributed by atoms with Crippen LogP contribution in [0.2, 0.25) is 0 Å². The molecule has 1 aliphatic rings. The minimum absolute atomic E-state index is 0.183. The molecule has 7 nitrogen and oxygen atoms in total. The van der Waals surface area contributed by atoms with Crippen molar-refractivity contribution in [3.8, 4) is 0 Å². The van der Waals surface area contributed by atoms with Gasteiger partial charge in [-0.05, 0) is 43.5 Å². The Hall–Kier alpha value is -3.29. The lowest BCUT2D eigenvalue weighted by atomic mass is 9.88. The molecule has 0 bridgehead atoms. The van der Waals surface area contributed by atoms with Crippen LogP contribution in [0, 0.1) is 5.82 Å². The molecule has 1 atom stereocenters. The summed E-state index contributed by atoms with van der Waals surface area (Å²) in [5, 5.41) is 12.7. The van der Waals surface area contributed by atoms with Gasteiger partial charge in [0.15, 0.2) is 0 Å². The summed E-state index contributed by atoms with van der Waals surface area (Å²) in [6, 6.07) is 7.62. The number of aromatic nitrogens is 3.